The average Bonchev–Trinajstić information content (AvgIpc) is 3.30. The van der Waals surface area contributed by atoms with Gasteiger partial charge in [0.25, 0.3) is 0 Å². The summed E-state index contributed by atoms with van der Waals surface area (Å²) < 4.78 is 2.08. The molecule has 134 valence electrons. The first-order valence-corrected chi connectivity index (χ1v) is 9.55. The molecule has 0 unspecified atom stereocenters. The number of aliphatic hydroxyl groups excluding tert-OH is 1. The van der Waals surface area contributed by atoms with Crippen molar-refractivity contribution in [3.63, 3.8) is 0 Å². The molecular formula is C19H27N5O. The summed E-state index contributed by atoms with van der Waals surface area (Å²) in [5, 5.41) is 22.6. The minimum atomic E-state index is 0.182. The molecule has 0 radical (unpaired) electrons. The van der Waals surface area contributed by atoms with E-state index < -0.39 is 0 Å². The third-order valence-corrected chi connectivity index (χ3v) is 5.80. The highest BCUT2D eigenvalue weighted by atomic mass is 16.3. The number of aromatic nitrogens is 4. The predicted octanol–water partition coefficient (Wildman–Crippen LogP) is 2.88. The molecule has 6 heteroatoms. The molecule has 1 aromatic heterocycles. The maximum absolute atomic E-state index is 9.85. The van der Waals surface area contributed by atoms with Crippen LogP contribution in [0.25, 0.3) is 0 Å². The van der Waals surface area contributed by atoms with Crippen LogP contribution in [0.2, 0.25) is 0 Å². The first-order chi connectivity index (χ1) is 12.4. The van der Waals surface area contributed by atoms with Gasteiger partial charge in [0.05, 0.1) is 18.7 Å². The van der Waals surface area contributed by atoms with Crippen molar-refractivity contribution in [2.75, 3.05) is 6.61 Å². The Morgan fingerprint density at radius 2 is 1.80 bits per heavy atom. The minimum Gasteiger partial charge on any atom is -0.395 e. The van der Waals surface area contributed by atoms with Crippen molar-refractivity contribution < 1.29 is 5.11 Å². The monoisotopic (exact) mass is 341 g/mol. The van der Waals surface area contributed by atoms with Crippen LogP contribution >= 0.6 is 0 Å². The van der Waals surface area contributed by atoms with E-state index in [4.69, 9.17) is 0 Å². The number of nitrogens with zero attached hydrogens (tertiary/aromatic N) is 5. The van der Waals surface area contributed by atoms with Gasteiger partial charge in [-0.2, -0.15) is 0 Å². The van der Waals surface area contributed by atoms with Crippen molar-refractivity contribution in [3.8, 4) is 0 Å². The minimum absolute atomic E-state index is 0.182. The Morgan fingerprint density at radius 1 is 1.00 bits per heavy atom. The molecule has 0 amide bonds. The zero-order valence-corrected chi connectivity index (χ0v) is 14.7. The van der Waals surface area contributed by atoms with Crippen LogP contribution < -0.4 is 0 Å². The van der Waals surface area contributed by atoms with Gasteiger partial charge in [-0.05, 0) is 41.7 Å². The summed E-state index contributed by atoms with van der Waals surface area (Å²) >= 11 is 0. The van der Waals surface area contributed by atoms with Gasteiger partial charge in [0.1, 0.15) is 0 Å². The molecule has 1 saturated heterocycles. The van der Waals surface area contributed by atoms with E-state index in [-0.39, 0.29) is 18.7 Å². The molecule has 6 nitrogen and oxygen atoms in total. The van der Waals surface area contributed by atoms with Crippen LogP contribution in [0.15, 0.2) is 30.3 Å². The van der Waals surface area contributed by atoms with E-state index >= 15 is 0 Å². The van der Waals surface area contributed by atoms with Gasteiger partial charge in [0.2, 0.25) is 0 Å². The van der Waals surface area contributed by atoms with E-state index in [0.29, 0.717) is 6.04 Å². The molecule has 1 N–H and O–H groups in total. The summed E-state index contributed by atoms with van der Waals surface area (Å²) in [6.45, 7) is 1.02. The summed E-state index contributed by atoms with van der Waals surface area (Å²) in [5.74, 6) is 0.985. The molecule has 4 rings (SSSR count). The molecule has 2 aromatic rings. The Balaban J connectivity index is 1.59. The quantitative estimate of drug-likeness (QED) is 0.906. The van der Waals surface area contributed by atoms with Gasteiger partial charge in [-0.25, -0.2) is 4.68 Å². The molecule has 2 atom stereocenters. The summed E-state index contributed by atoms with van der Waals surface area (Å²) in [5.41, 5.74) is 1.27. The Morgan fingerprint density at radius 3 is 2.56 bits per heavy atom. The third kappa shape index (κ3) is 3.46. The maximum Gasteiger partial charge on any atom is 0.168 e. The van der Waals surface area contributed by atoms with Crippen molar-refractivity contribution >= 4 is 0 Å². The SMILES string of the molecule is OC[C@@H]1CC[C@H](c2nnnn2C2CCCCC2)N1Cc1ccccc1. The Bertz CT molecular complexity index is 667. The summed E-state index contributed by atoms with van der Waals surface area (Å²) in [6.07, 6.45) is 8.20. The standard InChI is InChI=1S/C19H27N5O/c25-14-17-11-12-18(23(17)13-15-7-3-1-4-8-15)19-20-21-22-24(19)16-9-5-2-6-10-16/h1,3-4,7-8,16-18,25H,2,5-6,9-14H2/t17-,18+/m0/s1. The van der Waals surface area contributed by atoms with Gasteiger partial charge in [0.15, 0.2) is 5.82 Å². The zero-order chi connectivity index (χ0) is 17.1. The van der Waals surface area contributed by atoms with E-state index in [1.807, 2.05) is 6.07 Å². The first kappa shape index (κ1) is 16.7. The van der Waals surface area contributed by atoms with Gasteiger partial charge in [-0.15, -0.1) is 5.10 Å². The Labute approximate surface area is 148 Å². The average molecular weight is 341 g/mol. The van der Waals surface area contributed by atoms with Crippen molar-refractivity contribution in [1.29, 1.82) is 0 Å². The number of tetrazole rings is 1. The lowest BCUT2D eigenvalue weighted by Crippen LogP contribution is -2.35. The summed E-state index contributed by atoms with van der Waals surface area (Å²) in [4.78, 5) is 2.39. The molecule has 2 heterocycles. The largest absolute Gasteiger partial charge is 0.395 e. The number of likely N-dealkylation sites (tertiary alicyclic amines) is 1. The van der Waals surface area contributed by atoms with Gasteiger partial charge < -0.3 is 5.11 Å². The summed E-state index contributed by atoms with van der Waals surface area (Å²) in [7, 11) is 0. The molecule has 1 aromatic carbocycles. The molecular weight excluding hydrogens is 314 g/mol. The molecule has 1 aliphatic heterocycles. The second-order valence-electron chi connectivity index (χ2n) is 7.36. The van der Waals surface area contributed by atoms with Crippen LogP contribution in [0, 0.1) is 0 Å². The zero-order valence-electron chi connectivity index (χ0n) is 14.7. The van der Waals surface area contributed by atoms with Crippen LogP contribution in [0.3, 0.4) is 0 Å². The van der Waals surface area contributed by atoms with Crippen LogP contribution in [0.1, 0.15) is 68.4 Å². The Hall–Kier alpha value is -1.79. The van der Waals surface area contributed by atoms with Crippen LogP contribution in [-0.4, -0.2) is 42.9 Å². The third-order valence-electron chi connectivity index (χ3n) is 5.80. The fraction of sp³-hybridized carbons (Fsp3) is 0.632. The second-order valence-corrected chi connectivity index (χ2v) is 7.36. The first-order valence-electron chi connectivity index (χ1n) is 9.55. The van der Waals surface area contributed by atoms with Crippen molar-refractivity contribution in [3.05, 3.63) is 41.7 Å². The topological polar surface area (TPSA) is 67.1 Å². The lowest BCUT2D eigenvalue weighted by Gasteiger charge is -2.30. The van der Waals surface area contributed by atoms with Crippen LogP contribution in [-0.2, 0) is 6.54 Å². The highest BCUT2D eigenvalue weighted by Crippen LogP contribution is 2.38. The number of benzene rings is 1. The fourth-order valence-electron chi connectivity index (χ4n) is 4.45. The maximum atomic E-state index is 9.85. The predicted molar refractivity (Wildman–Crippen MR) is 94.8 cm³/mol. The summed E-state index contributed by atoms with van der Waals surface area (Å²) in [6, 6.07) is 11.3. The van der Waals surface area contributed by atoms with Gasteiger partial charge >= 0.3 is 0 Å². The smallest absolute Gasteiger partial charge is 0.168 e. The van der Waals surface area contributed by atoms with Crippen molar-refractivity contribution in [1.82, 2.24) is 25.1 Å². The van der Waals surface area contributed by atoms with E-state index in [9.17, 15) is 5.11 Å². The number of aliphatic hydroxyl groups is 1. The molecule has 1 aliphatic carbocycles. The van der Waals surface area contributed by atoms with E-state index in [1.54, 1.807) is 0 Å². The Kier molecular flexibility index (Phi) is 5.08. The molecule has 2 fully saturated rings. The lowest BCUT2D eigenvalue weighted by molar-refractivity contribution is 0.115. The number of hydrogen-bond donors (Lipinski definition) is 1. The van der Waals surface area contributed by atoms with Crippen molar-refractivity contribution in [2.45, 2.75) is 69.6 Å². The van der Waals surface area contributed by atoms with E-state index in [2.05, 4.69) is 49.4 Å². The number of rotatable bonds is 5. The molecule has 25 heavy (non-hydrogen) atoms. The van der Waals surface area contributed by atoms with Crippen LogP contribution in [0.5, 0.6) is 0 Å². The van der Waals surface area contributed by atoms with Gasteiger partial charge in [-0.3, -0.25) is 4.90 Å². The van der Waals surface area contributed by atoms with Gasteiger partial charge in [-0.1, -0.05) is 49.6 Å². The van der Waals surface area contributed by atoms with Gasteiger partial charge in [0, 0.05) is 12.6 Å². The van der Waals surface area contributed by atoms with Crippen LogP contribution in [0.4, 0.5) is 0 Å². The molecule has 1 saturated carbocycles. The molecule has 2 aliphatic rings. The molecule has 0 bridgehead atoms. The van der Waals surface area contributed by atoms with E-state index in [1.165, 1.54) is 37.7 Å². The highest BCUT2D eigenvalue weighted by Gasteiger charge is 2.38. The number of hydrogen-bond acceptors (Lipinski definition) is 5. The molecule has 0 spiro atoms. The highest BCUT2D eigenvalue weighted by molar-refractivity contribution is 5.16. The van der Waals surface area contributed by atoms with E-state index in [0.717, 1.165) is 25.2 Å². The lowest BCUT2D eigenvalue weighted by atomic mass is 9.95. The van der Waals surface area contributed by atoms with Crippen molar-refractivity contribution in [2.24, 2.45) is 0 Å². The second kappa shape index (κ2) is 7.62. The normalized spacial score (nSPS) is 25.5. The fourth-order valence-corrected chi connectivity index (χ4v) is 4.45.